The molecular weight excluding hydrogens is 182 g/mol. The summed E-state index contributed by atoms with van der Waals surface area (Å²) in [6, 6.07) is 2.92. The molecule has 0 amide bonds. The number of hydrogen-bond acceptors (Lipinski definition) is 3. The number of rotatable bonds is 2. The third kappa shape index (κ3) is 1.65. The number of aromatic nitrogens is 1. The van der Waals surface area contributed by atoms with Gasteiger partial charge in [0.2, 0.25) is 0 Å². The number of pyridine rings is 1. The van der Waals surface area contributed by atoms with E-state index in [0.29, 0.717) is 0 Å². The zero-order valence-corrected chi connectivity index (χ0v) is 7.00. The van der Waals surface area contributed by atoms with Crippen LogP contribution in [0.15, 0.2) is 12.1 Å². The summed E-state index contributed by atoms with van der Waals surface area (Å²) in [5, 5.41) is 8.75. The summed E-state index contributed by atoms with van der Waals surface area (Å²) in [7, 11) is 1.37. The number of carboxylic acid groups (broad SMARTS) is 1. The third-order valence-electron chi connectivity index (χ3n) is 1.25. The van der Waals surface area contributed by atoms with Gasteiger partial charge in [-0.2, -0.15) is 0 Å². The van der Waals surface area contributed by atoms with Crippen molar-refractivity contribution < 1.29 is 14.6 Å². The van der Waals surface area contributed by atoms with Crippen LogP contribution in [0, 0.1) is 0 Å². The van der Waals surface area contributed by atoms with E-state index in [2.05, 4.69) is 4.98 Å². The Kier molecular flexibility index (Phi) is 2.50. The summed E-state index contributed by atoms with van der Waals surface area (Å²) in [4.78, 5) is 14.1. The Hall–Kier alpha value is -1.29. The number of nitrogens with zero attached hydrogens (tertiary/aromatic N) is 1. The van der Waals surface area contributed by atoms with Gasteiger partial charge < -0.3 is 9.84 Å². The third-order valence-corrected chi connectivity index (χ3v) is 1.46. The lowest BCUT2D eigenvalue weighted by molar-refractivity contribution is 0.0686. The van der Waals surface area contributed by atoms with E-state index in [-0.39, 0.29) is 16.6 Å². The normalized spacial score (nSPS) is 9.50. The smallest absolute Gasteiger partial charge is 0.358 e. The number of carbonyl (C=O) groups is 1. The van der Waals surface area contributed by atoms with Crippen LogP contribution in [-0.2, 0) is 0 Å². The first-order chi connectivity index (χ1) is 5.65. The van der Waals surface area contributed by atoms with Crippen LogP contribution >= 0.6 is 11.6 Å². The highest BCUT2D eigenvalue weighted by atomic mass is 35.5. The van der Waals surface area contributed by atoms with Crippen molar-refractivity contribution in [3.63, 3.8) is 0 Å². The van der Waals surface area contributed by atoms with Crippen molar-refractivity contribution in [1.82, 2.24) is 4.98 Å². The predicted molar refractivity (Wildman–Crippen MR) is 42.8 cm³/mol. The van der Waals surface area contributed by atoms with E-state index < -0.39 is 5.97 Å². The monoisotopic (exact) mass is 187 g/mol. The van der Waals surface area contributed by atoms with Gasteiger partial charge in [-0.05, 0) is 12.1 Å². The molecule has 1 rings (SSSR count). The van der Waals surface area contributed by atoms with Crippen molar-refractivity contribution in [2.24, 2.45) is 0 Å². The van der Waals surface area contributed by atoms with Gasteiger partial charge in [0.1, 0.15) is 5.15 Å². The molecular formula is C7H6ClNO3. The van der Waals surface area contributed by atoms with Crippen LogP contribution in [0.1, 0.15) is 10.5 Å². The molecule has 0 aliphatic carbocycles. The predicted octanol–water partition coefficient (Wildman–Crippen LogP) is 1.44. The van der Waals surface area contributed by atoms with Gasteiger partial charge >= 0.3 is 5.97 Å². The number of ether oxygens (including phenoxy) is 1. The van der Waals surface area contributed by atoms with Gasteiger partial charge in [0.15, 0.2) is 11.4 Å². The van der Waals surface area contributed by atoms with E-state index in [1.165, 1.54) is 19.2 Å². The van der Waals surface area contributed by atoms with E-state index in [1.807, 2.05) is 0 Å². The lowest BCUT2D eigenvalue weighted by atomic mass is 10.3. The summed E-state index contributed by atoms with van der Waals surface area (Å²) in [6.07, 6.45) is 0. The van der Waals surface area contributed by atoms with Gasteiger partial charge in [0.05, 0.1) is 7.11 Å². The van der Waals surface area contributed by atoms with E-state index >= 15 is 0 Å². The second-order valence-corrected chi connectivity index (χ2v) is 2.38. The van der Waals surface area contributed by atoms with E-state index in [9.17, 15) is 4.79 Å². The van der Waals surface area contributed by atoms with Gasteiger partial charge in [0.25, 0.3) is 0 Å². The van der Waals surface area contributed by atoms with Crippen molar-refractivity contribution in [3.8, 4) is 5.75 Å². The van der Waals surface area contributed by atoms with Crippen molar-refractivity contribution in [3.05, 3.63) is 23.0 Å². The average Bonchev–Trinajstić information content (AvgIpc) is 2.04. The molecule has 0 saturated heterocycles. The van der Waals surface area contributed by atoms with Crippen molar-refractivity contribution in [1.29, 1.82) is 0 Å². The molecule has 0 fully saturated rings. The summed E-state index contributed by atoms with van der Waals surface area (Å²) in [5.74, 6) is -0.957. The Morgan fingerprint density at radius 2 is 2.33 bits per heavy atom. The first-order valence-electron chi connectivity index (χ1n) is 3.09. The Morgan fingerprint density at radius 1 is 1.67 bits per heavy atom. The molecule has 0 radical (unpaired) electrons. The molecule has 12 heavy (non-hydrogen) atoms. The number of carboxylic acids is 1. The molecule has 4 nitrogen and oxygen atoms in total. The van der Waals surface area contributed by atoms with E-state index in [0.717, 1.165) is 0 Å². The Bertz CT molecular complexity index is 314. The quantitative estimate of drug-likeness (QED) is 0.712. The van der Waals surface area contributed by atoms with Crippen molar-refractivity contribution in [2.75, 3.05) is 7.11 Å². The van der Waals surface area contributed by atoms with E-state index in [4.69, 9.17) is 21.4 Å². The molecule has 0 bridgehead atoms. The van der Waals surface area contributed by atoms with Crippen molar-refractivity contribution in [2.45, 2.75) is 0 Å². The molecule has 0 aliphatic heterocycles. The molecule has 0 spiro atoms. The molecule has 5 heteroatoms. The van der Waals surface area contributed by atoms with Crippen LogP contribution in [0.2, 0.25) is 5.15 Å². The summed E-state index contributed by atoms with van der Waals surface area (Å²) in [5.41, 5.74) is -0.176. The van der Waals surface area contributed by atoms with Gasteiger partial charge in [-0.15, -0.1) is 0 Å². The van der Waals surface area contributed by atoms with Crippen LogP contribution in [0.5, 0.6) is 5.75 Å². The topological polar surface area (TPSA) is 59.4 Å². The van der Waals surface area contributed by atoms with Gasteiger partial charge in [-0.25, -0.2) is 9.78 Å². The highest BCUT2D eigenvalue weighted by Gasteiger charge is 2.12. The molecule has 1 aromatic rings. The number of aromatic carboxylic acids is 1. The molecule has 0 aliphatic rings. The number of methoxy groups -OCH3 is 1. The van der Waals surface area contributed by atoms with Crippen LogP contribution < -0.4 is 4.74 Å². The minimum Gasteiger partial charge on any atom is -0.494 e. The van der Waals surface area contributed by atoms with Crippen LogP contribution in [0.4, 0.5) is 0 Å². The molecule has 0 unspecified atom stereocenters. The second kappa shape index (κ2) is 3.40. The number of hydrogen-bond donors (Lipinski definition) is 1. The standard InChI is InChI=1S/C7H6ClNO3/c1-12-4-2-3-5(8)9-6(4)7(10)11/h2-3H,1H3,(H,10,11). The minimum absolute atomic E-state index is 0.133. The second-order valence-electron chi connectivity index (χ2n) is 1.99. The summed E-state index contributed by atoms with van der Waals surface area (Å²) in [6.45, 7) is 0. The lowest BCUT2D eigenvalue weighted by Gasteiger charge is -2.02. The fourth-order valence-electron chi connectivity index (χ4n) is 0.740. The summed E-state index contributed by atoms with van der Waals surface area (Å²) >= 11 is 5.49. The van der Waals surface area contributed by atoms with E-state index in [1.54, 1.807) is 0 Å². The molecule has 0 atom stereocenters. The van der Waals surface area contributed by atoms with Crippen LogP contribution in [0.25, 0.3) is 0 Å². The Balaban J connectivity index is 3.21. The maximum Gasteiger partial charge on any atom is 0.358 e. The minimum atomic E-state index is -1.16. The maximum absolute atomic E-state index is 10.5. The fourth-order valence-corrected chi connectivity index (χ4v) is 0.888. The molecule has 64 valence electrons. The van der Waals surface area contributed by atoms with Crippen LogP contribution in [-0.4, -0.2) is 23.2 Å². The molecule has 1 aromatic heterocycles. The molecule has 1 N–H and O–H groups in total. The Labute approximate surface area is 73.8 Å². The Morgan fingerprint density at radius 3 is 2.83 bits per heavy atom. The average molecular weight is 188 g/mol. The highest BCUT2D eigenvalue weighted by molar-refractivity contribution is 6.29. The lowest BCUT2D eigenvalue weighted by Crippen LogP contribution is -2.03. The molecule has 0 aromatic carbocycles. The number of halogens is 1. The van der Waals surface area contributed by atoms with Gasteiger partial charge in [-0.3, -0.25) is 0 Å². The fraction of sp³-hybridized carbons (Fsp3) is 0.143. The zero-order valence-electron chi connectivity index (χ0n) is 6.24. The van der Waals surface area contributed by atoms with Gasteiger partial charge in [-0.1, -0.05) is 11.6 Å². The first kappa shape index (κ1) is 8.80. The summed E-state index contributed by atoms with van der Waals surface area (Å²) < 4.78 is 4.76. The van der Waals surface area contributed by atoms with Crippen molar-refractivity contribution >= 4 is 17.6 Å². The maximum atomic E-state index is 10.5. The first-order valence-corrected chi connectivity index (χ1v) is 3.46. The van der Waals surface area contributed by atoms with Crippen LogP contribution in [0.3, 0.4) is 0 Å². The molecule has 0 saturated carbocycles. The SMILES string of the molecule is COc1ccc(Cl)nc1C(=O)O. The van der Waals surface area contributed by atoms with Gasteiger partial charge in [0, 0.05) is 0 Å². The molecule has 1 heterocycles. The zero-order chi connectivity index (χ0) is 9.14. The largest absolute Gasteiger partial charge is 0.494 e. The highest BCUT2D eigenvalue weighted by Crippen LogP contribution is 2.18.